The number of aromatic nitrogens is 1. The average Bonchev–Trinajstić information content (AvgIpc) is 2.82. The molecule has 0 atom stereocenters. The van der Waals surface area contributed by atoms with Crippen LogP contribution in [-0.4, -0.2) is 23.1 Å². The lowest BCUT2D eigenvalue weighted by Crippen LogP contribution is -2.26. The molecule has 3 nitrogen and oxygen atoms in total. The summed E-state index contributed by atoms with van der Waals surface area (Å²) in [6.45, 7) is 2.22. The Bertz CT molecular complexity index is 484. The summed E-state index contributed by atoms with van der Waals surface area (Å²) in [6.07, 6.45) is 4.38. The highest BCUT2D eigenvalue weighted by atomic mass is 15.5. The Morgan fingerprint density at radius 3 is 3.00 bits per heavy atom. The van der Waals surface area contributed by atoms with E-state index in [0.717, 1.165) is 24.3 Å². The zero-order valence-corrected chi connectivity index (χ0v) is 9.11. The van der Waals surface area contributed by atoms with Crippen LogP contribution in [0.2, 0.25) is 0 Å². The van der Waals surface area contributed by atoms with Gasteiger partial charge in [0.15, 0.2) is 0 Å². The van der Waals surface area contributed by atoms with Crippen molar-refractivity contribution in [2.45, 2.75) is 12.8 Å². The first-order valence-electron chi connectivity index (χ1n) is 5.70. The van der Waals surface area contributed by atoms with Gasteiger partial charge in [0.2, 0.25) is 0 Å². The number of fused-ring (bicyclic) bond motifs is 1. The maximum atomic E-state index is 4.40. The number of anilines is 1. The molecule has 1 aromatic heterocycles. The molecule has 81 valence electrons. The minimum atomic E-state index is 0.952. The third-order valence-electron chi connectivity index (χ3n) is 2.98. The van der Waals surface area contributed by atoms with Gasteiger partial charge >= 0.3 is 0 Å². The Hall–Kier alpha value is -1.61. The van der Waals surface area contributed by atoms with Crippen molar-refractivity contribution in [2.24, 2.45) is 0 Å². The lowest BCUT2D eigenvalue weighted by molar-refractivity contribution is 0.409. The molecule has 1 N–H and O–H groups in total. The molecule has 1 aliphatic rings. The van der Waals surface area contributed by atoms with Crippen LogP contribution >= 0.6 is 0 Å². The van der Waals surface area contributed by atoms with E-state index in [0.29, 0.717) is 0 Å². The fourth-order valence-corrected chi connectivity index (χ4v) is 2.13. The third-order valence-corrected chi connectivity index (χ3v) is 2.98. The van der Waals surface area contributed by atoms with E-state index in [1.807, 2.05) is 24.4 Å². The van der Waals surface area contributed by atoms with Gasteiger partial charge in [0.1, 0.15) is 5.82 Å². The predicted octanol–water partition coefficient (Wildman–Crippen LogP) is 2.46. The van der Waals surface area contributed by atoms with E-state index in [-0.39, 0.29) is 0 Å². The highest BCUT2D eigenvalue weighted by molar-refractivity contribution is 5.91. The van der Waals surface area contributed by atoms with Crippen molar-refractivity contribution in [1.29, 1.82) is 0 Å². The molecule has 1 aromatic carbocycles. The molecule has 0 saturated carbocycles. The second kappa shape index (κ2) is 4.10. The van der Waals surface area contributed by atoms with Gasteiger partial charge in [-0.1, -0.05) is 12.1 Å². The molecule has 3 rings (SSSR count). The Morgan fingerprint density at radius 2 is 2.12 bits per heavy atom. The first-order chi connectivity index (χ1) is 7.93. The van der Waals surface area contributed by atoms with Crippen LogP contribution in [0.25, 0.3) is 10.8 Å². The smallest absolute Gasteiger partial charge is 0.148 e. The fourth-order valence-electron chi connectivity index (χ4n) is 2.13. The van der Waals surface area contributed by atoms with Gasteiger partial charge in [-0.2, -0.15) is 0 Å². The van der Waals surface area contributed by atoms with E-state index in [1.54, 1.807) is 0 Å². The molecular formula is C13H14N3. The van der Waals surface area contributed by atoms with E-state index in [9.17, 15) is 0 Å². The van der Waals surface area contributed by atoms with Gasteiger partial charge in [-0.3, -0.25) is 0 Å². The molecule has 0 amide bonds. The summed E-state index contributed by atoms with van der Waals surface area (Å²) < 4.78 is 0. The van der Waals surface area contributed by atoms with Crippen molar-refractivity contribution in [2.75, 3.05) is 18.5 Å². The van der Waals surface area contributed by atoms with Gasteiger partial charge in [0, 0.05) is 24.7 Å². The number of nitrogens with zero attached hydrogens (tertiary/aromatic N) is 2. The van der Waals surface area contributed by atoms with E-state index >= 15 is 0 Å². The number of hydrogen-bond acceptors (Lipinski definition) is 3. The zero-order valence-electron chi connectivity index (χ0n) is 9.11. The highest BCUT2D eigenvalue weighted by Gasteiger charge is 2.12. The SMILES string of the molecule is [c]1ccc2c(NN3CCCC3)nccc2c1. The minimum Gasteiger partial charge on any atom is -0.303 e. The molecule has 0 unspecified atom stereocenters. The normalized spacial score (nSPS) is 16.8. The van der Waals surface area contributed by atoms with Crippen LogP contribution in [0.5, 0.6) is 0 Å². The van der Waals surface area contributed by atoms with Crippen LogP contribution in [0.4, 0.5) is 5.82 Å². The molecule has 1 aliphatic heterocycles. The number of nitrogens with one attached hydrogen (secondary N) is 1. The van der Waals surface area contributed by atoms with E-state index in [2.05, 4.69) is 27.6 Å². The molecule has 0 bridgehead atoms. The molecule has 0 spiro atoms. The lowest BCUT2D eigenvalue weighted by Gasteiger charge is -2.17. The average molecular weight is 212 g/mol. The standard InChI is InChI=1S/C13H14N3/c1-2-6-12-11(5-1)7-8-14-13(12)15-16-9-3-4-10-16/h2,5-8H,3-4,9-10H2,(H,14,15). The quantitative estimate of drug-likeness (QED) is 0.828. The van der Waals surface area contributed by atoms with Gasteiger partial charge < -0.3 is 5.43 Å². The first-order valence-corrected chi connectivity index (χ1v) is 5.70. The molecular weight excluding hydrogens is 198 g/mol. The number of benzene rings is 1. The van der Waals surface area contributed by atoms with Crippen LogP contribution in [-0.2, 0) is 0 Å². The second-order valence-corrected chi connectivity index (χ2v) is 4.11. The fraction of sp³-hybridized carbons (Fsp3) is 0.308. The summed E-state index contributed by atoms with van der Waals surface area (Å²) in [4.78, 5) is 4.40. The van der Waals surface area contributed by atoms with E-state index in [1.165, 1.54) is 18.2 Å². The zero-order chi connectivity index (χ0) is 10.8. The topological polar surface area (TPSA) is 28.2 Å². The van der Waals surface area contributed by atoms with Crippen molar-refractivity contribution in [3.8, 4) is 0 Å². The molecule has 1 fully saturated rings. The second-order valence-electron chi connectivity index (χ2n) is 4.11. The van der Waals surface area contributed by atoms with Crippen molar-refractivity contribution < 1.29 is 0 Å². The first kappa shape index (κ1) is 9.60. The molecule has 2 aromatic rings. The summed E-state index contributed by atoms with van der Waals surface area (Å²) in [5.41, 5.74) is 3.39. The van der Waals surface area contributed by atoms with Crippen LogP contribution < -0.4 is 5.43 Å². The molecule has 0 aliphatic carbocycles. The Balaban J connectivity index is 1.96. The van der Waals surface area contributed by atoms with Crippen LogP contribution in [0.3, 0.4) is 0 Å². The number of rotatable bonds is 2. The number of hydrogen-bond donors (Lipinski definition) is 1. The molecule has 16 heavy (non-hydrogen) atoms. The van der Waals surface area contributed by atoms with E-state index in [4.69, 9.17) is 0 Å². The van der Waals surface area contributed by atoms with Gasteiger partial charge in [-0.05, 0) is 36.4 Å². The molecule has 1 radical (unpaired) electrons. The van der Waals surface area contributed by atoms with Gasteiger partial charge in [-0.25, -0.2) is 9.99 Å². The lowest BCUT2D eigenvalue weighted by atomic mass is 10.2. The summed E-state index contributed by atoms with van der Waals surface area (Å²) in [5.74, 6) is 0.952. The summed E-state index contributed by atoms with van der Waals surface area (Å²) in [7, 11) is 0. The van der Waals surface area contributed by atoms with Crippen molar-refractivity contribution in [3.63, 3.8) is 0 Å². The molecule has 2 heterocycles. The van der Waals surface area contributed by atoms with Crippen molar-refractivity contribution in [3.05, 3.63) is 36.5 Å². The van der Waals surface area contributed by atoms with Crippen molar-refractivity contribution in [1.82, 2.24) is 9.99 Å². The Labute approximate surface area is 95.1 Å². The van der Waals surface area contributed by atoms with Gasteiger partial charge in [0.25, 0.3) is 0 Å². The van der Waals surface area contributed by atoms with Gasteiger partial charge in [-0.15, -0.1) is 0 Å². The van der Waals surface area contributed by atoms with Crippen molar-refractivity contribution >= 4 is 16.6 Å². The maximum absolute atomic E-state index is 4.40. The molecule has 3 heteroatoms. The summed E-state index contributed by atoms with van der Waals surface area (Å²) >= 11 is 0. The number of pyridine rings is 1. The van der Waals surface area contributed by atoms with E-state index < -0.39 is 0 Å². The Kier molecular flexibility index (Phi) is 2.46. The monoisotopic (exact) mass is 212 g/mol. The maximum Gasteiger partial charge on any atom is 0.148 e. The highest BCUT2D eigenvalue weighted by Crippen LogP contribution is 2.21. The van der Waals surface area contributed by atoms with Crippen LogP contribution in [0.15, 0.2) is 30.5 Å². The minimum absolute atomic E-state index is 0.952. The van der Waals surface area contributed by atoms with Gasteiger partial charge in [0.05, 0.1) is 0 Å². The predicted molar refractivity (Wildman–Crippen MR) is 65.0 cm³/mol. The third kappa shape index (κ3) is 1.74. The molecule has 1 saturated heterocycles. The Morgan fingerprint density at radius 1 is 1.25 bits per heavy atom. The van der Waals surface area contributed by atoms with Crippen LogP contribution in [0.1, 0.15) is 12.8 Å². The summed E-state index contributed by atoms with van der Waals surface area (Å²) in [5, 5.41) is 4.57. The van der Waals surface area contributed by atoms with Crippen LogP contribution in [0, 0.1) is 6.07 Å². The number of hydrazine groups is 1. The largest absolute Gasteiger partial charge is 0.303 e. The summed E-state index contributed by atoms with van der Waals surface area (Å²) in [6, 6.07) is 11.1.